The Kier molecular flexibility index (Phi) is 5.94. The van der Waals surface area contributed by atoms with Gasteiger partial charge in [-0.05, 0) is 54.0 Å². The summed E-state index contributed by atoms with van der Waals surface area (Å²) in [5.74, 6) is 0. The van der Waals surface area contributed by atoms with E-state index in [1.165, 1.54) is 5.06 Å². The molecule has 0 aliphatic heterocycles. The Morgan fingerprint density at radius 3 is 1.96 bits per heavy atom. The highest BCUT2D eigenvalue weighted by Gasteiger charge is 2.31. The number of nitrogens with zero attached hydrogens (tertiary/aromatic N) is 1. The molecule has 0 aliphatic carbocycles. The Morgan fingerprint density at radius 2 is 1.57 bits per heavy atom. The van der Waals surface area contributed by atoms with Crippen LogP contribution in [0.2, 0.25) is 0 Å². The molecule has 1 aromatic rings. The summed E-state index contributed by atoms with van der Waals surface area (Å²) >= 11 is 0. The topological polar surface area (TPSA) is 55.8 Å². The van der Waals surface area contributed by atoms with Gasteiger partial charge in [0.15, 0.2) is 0 Å². The number of hydroxylamine groups is 2. The van der Waals surface area contributed by atoms with Crippen molar-refractivity contribution in [2.75, 3.05) is 0 Å². The van der Waals surface area contributed by atoms with Crippen molar-refractivity contribution in [1.29, 1.82) is 0 Å². The molecule has 0 spiro atoms. The standard InChI is InChI=1S/C18H27NO4/c1-13(15-10-8-14(12-20)9-11-15)19(23-18(5,6)7)16(21)22-17(2,3)4/h8-13H,1-7H3. The molecule has 1 amide bonds. The Morgan fingerprint density at radius 1 is 1.04 bits per heavy atom. The maximum Gasteiger partial charge on any atom is 0.435 e. The first-order valence-electron chi connectivity index (χ1n) is 7.69. The molecule has 0 aliphatic rings. The Hall–Kier alpha value is -1.88. The predicted octanol–water partition coefficient (Wildman–Crippen LogP) is 4.53. The molecule has 1 unspecified atom stereocenters. The van der Waals surface area contributed by atoms with E-state index in [1.807, 2.05) is 48.5 Å². The van der Waals surface area contributed by atoms with E-state index in [2.05, 4.69) is 0 Å². The molecule has 128 valence electrons. The second kappa shape index (κ2) is 7.13. The smallest absolute Gasteiger partial charge is 0.435 e. The molecule has 0 saturated heterocycles. The zero-order valence-corrected chi connectivity index (χ0v) is 15.0. The van der Waals surface area contributed by atoms with Gasteiger partial charge >= 0.3 is 6.09 Å². The summed E-state index contributed by atoms with van der Waals surface area (Å²) in [6.07, 6.45) is 0.241. The first kappa shape index (κ1) is 19.2. The molecule has 1 rings (SSSR count). The van der Waals surface area contributed by atoms with Crippen LogP contribution in [0.25, 0.3) is 0 Å². The van der Waals surface area contributed by atoms with Gasteiger partial charge in [-0.15, -0.1) is 0 Å². The van der Waals surface area contributed by atoms with E-state index >= 15 is 0 Å². The molecule has 0 heterocycles. The van der Waals surface area contributed by atoms with Crippen LogP contribution < -0.4 is 0 Å². The van der Waals surface area contributed by atoms with Crippen molar-refractivity contribution in [2.24, 2.45) is 0 Å². The predicted molar refractivity (Wildman–Crippen MR) is 89.2 cm³/mol. The number of aldehydes is 1. The molecule has 0 aromatic heterocycles. The third kappa shape index (κ3) is 6.40. The van der Waals surface area contributed by atoms with Gasteiger partial charge in [0.05, 0.1) is 11.6 Å². The molecular formula is C18H27NO4. The van der Waals surface area contributed by atoms with E-state index in [-0.39, 0.29) is 6.04 Å². The van der Waals surface area contributed by atoms with Gasteiger partial charge in [0.2, 0.25) is 0 Å². The molecule has 1 aromatic carbocycles. The maximum atomic E-state index is 12.5. The fourth-order valence-electron chi connectivity index (χ4n) is 1.86. The van der Waals surface area contributed by atoms with Crippen LogP contribution >= 0.6 is 0 Å². The quantitative estimate of drug-likeness (QED) is 0.604. The van der Waals surface area contributed by atoms with Crippen molar-refractivity contribution in [3.63, 3.8) is 0 Å². The summed E-state index contributed by atoms with van der Waals surface area (Å²) in [7, 11) is 0. The number of carbonyl (C=O) groups is 2. The SMILES string of the molecule is CC(c1ccc(C=O)cc1)N(OC(C)(C)C)C(=O)OC(C)(C)C. The minimum Gasteiger partial charge on any atom is -0.442 e. The van der Waals surface area contributed by atoms with Crippen LogP contribution in [0.5, 0.6) is 0 Å². The van der Waals surface area contributed by atoms with E-state index in [1.54, 1.807) is 24.3 Å². The zero-order valence-electron chi connectivity index (χ0n) is 15.0. The van der Waals surface area contributed by atoms with E-state index in [0.29, 0.717) is 5.56 Å². The lowest BCUT2D eigenvalue weighted by Crippen LogP contribution is -2.42. The van der Waals surface area contributed by atoms with Crippen LogP contribution in [-0.2, 0) is 9.57 Å². The van der Waals surface area contributed by atoms with Crippen molar-refractivity contribution in [2.45, 2.75) is 65.7 Å². The number of carbonyl (C=O) groups excluding carboxylic acids is 2. The first-order chi connectivity index (χ1) is 10.4. The monoisotopic (exact) mass is 321 g/mol. The van der Waals surface area contributed by atoms with Gasteiger partial charge in [-0.1, -0.05) is 24.3 Å². The molecule has 0 saturated carbocycles. The second-order valence-electron chi connectivity index (χ2n) is 7.47. The van der Waals surface area contributed by atoms with Crippen molar-refractivity contribution in [1.82, 2.24) is 5.06 Å². The van der Waals surface area contributed by atoms with Gasteiger partial charge in [-0.2, -0.15) is 5.06 Å². The van der Waals surface area contributed by atoms with Crippen LogP contribution in [-0.4, -0.2) is 28.6 Å². The number of benzene rings is 1. The van der Waals surface area contributed by atoms with Gasteiger partial charge in [0, 0.05) is 5.56 Å². The summed E-state index contributed by atoms with van der Waals surface area (Å²) in [5, 5.41) is 1.25. The Bertz CT molecular complexity index is 538. The second-order valence-corrected chi connectivity index (χ2v) is 7.47. The van der Waals surface area contributed by atoms with Crippen molar-refractivity contribution in [3.8, 4) is 0 Å². The lowest BCUT2D eigenvalue weighted by Gasteiger charge is -2.35. The normalized spacial score (nSPS) is 13.3. The molecule has 23 heavy (non-hydrogen) atoms. The maximum absolute atomic E-state index is 12.5. The average Bonchev–Trinajstić information content (AvgIpc) is 2.41. The summed E-state index contributed by atoms with van der Waals surface area (Å²) in [6.45, 7) is 12.9. The lowest BCUT2D eigenvalue weighted by molar-refractivity contribution is -0.229. The molecule has 0 N–H and O–H groups in total. The highest BCUT2D eigenvalue weighted by Crippen LogP contribution is 2.26. The Labute approximate surface area is 138 Å². The molecule has 5 heteroatoms. The van der Waals surface area contributed by atoms with Gasteiger partial charge in [0.25, 0.3) is 0 Å². The summed E-state index contributed by atoms with van der Waals surface area (Å²) in [4.78, 5) is 29.1. The van der Waals surface area contributed by atoms with Gasteiger partial charge in [-0.25, -0.2) is 4.79 Å². The van der Waals surface area contributed by atoms with Crippen LogP contribution in [0.3, 0.4) is 0 Å². The number of ether oxygens (including phenoxy) is 1. The summed E-state index contributed by atoms with van der Waals surface area (Å²) in [5.41, 5.74) is 0.276. The minimum atomic E-state index is -0.613. The van der Waals surface area contributed by atoms with Gasteiger partial charge in [-0.3, -0.25) is 9.63 Å². The molecule has 0 radical (unpaired) electrons. The van der Waals surface area contributed by atoms with E-state index in [0.717, 1.165) is 11.8 Å². The largest absolute Gasteiger partial charge is 0.442 e. The highest BCUT2D eigenvalue weighted by molar-refractivity contribution is 5.74. The zero-order chi connectivity index (χ0) is 17.8. The van der Waals surface area contributed by atoms with Crippen molar-refractivity contribution in [3.05, 3.63) is 35.4 Å². The minimum absolute atomic E-state index is 0.357. The number of hydrogen-bond acceptors (Lipinski definition) is 4. The fraction of sp³-hybridized carbons (Fsp3) is 0.556. The molecule has 1 atom stereocenters. The Balaban J connectivity index is 3.06. The van der Waals surface area contributed by atoms with E-state index in [4.69, 9.17) is 9.57 Å². The fourth-order valence-corrected chi connectivity index (χ4v) is 1.86. The molecule has 0 bridgehead atoms. The van der Waals surface area contributed by atoms with Crippen LogP contribution in [0.15, 0.2) is 24.3 Å². The third-order valence-corrected chi connectivity index (χ3v) is 2.85. The summed E-state index contributed by atoms with van der Waals surface area (Å²) < 4.78 is 5.44. The number of amides is 1. The first-order valence-corrected chi connectivity index (χ1v) is 7.69. The molecule has 0 fully saturated rings. The lowest BCUT2D eigenvalue weighted by atomic mass is 10.1. The summed E-state index contributed by atoms with van der Waals surface area (Å²) in [6, 6.07) is 6.67. The molecular weight excluding hydrogens is 294 g/mol. The van der Waals surface area contributed by atoms with Crippen LogP contribution in [0.4, 0.5) is 4.79 Å². The number of hydrogen-bond donors (Lipinski definition) is 0. The van der Waals surface area contributed by atoms with Gasteiger partial charge < -0.3 is 4.74 Å². The highest BCUT2D eigenvalue weighted by atomic mass is 16.7. The molecule has 5 nitrogen and oxygen atoms in total. The van der Waals surface area contributed by atoms with E-state index in [9.17, 15) is 9.59 Å². The van der Waals surface area contributed by atoms with Crippen LogP contribution in [0.1, 0.15) is 70.4 Å². The third-order valence-electron chi connectivity index (χ3n) is 2.85. The van der Waals surface area contributed by atoms with Crippen molar-refractivity contribution < 1.29 is 19.2 Å². The number of rotatable bonds is 4. The van der Waals surface area contributed by atoms with Crippen LogP contribution in [0, 0.1) is 0 Å². The van der Waals surface area contributed by atoms with Crippen molar-refractivity contribution >= 4 is 12.4 Å². The average molecular weight is 321 g/mol. The van der Waals surface area contributed by atoms with E-state index < -0.39 is 17.3 Å². The van der Waals surface area contributed by atoms with Gasteiger partial charge in [0.1, 0.15) is 11.9 Å².